The van der Waals surface area contributed by atoms with Gasteiger partial charge in [0.1, 0.15) is 12.2 Å². The van der Waals surface area contributed by atoms with Crippen LogP contribution in [0.5, 0.6) is 0 Å². The van der Waals surface area contributed by atoms with E-state index in [1.165, 1.54) is 6.33 Å². The molecule has 0 bridgehead atoms. The van der Waals surface area contributed by atoms with Crippen LogP contribution in [0.25, 0.3) is 11.2 Å². The summed E-state index contributed by atoms with van der Waals surface area (Å²) in [6, 6.07) is 0. The van der Waals surface area contributed by atoms with Gasteiger partial charge in [-0.15, -0.1) is 0 Å². The number of piperazine rings is 1. The number of fused-ring (bicyclic) bond motifs is 1. The second-order valence-corrected chi connectivity index (χ2v) is 8.83. The number of nitrogens with one attached hydrogen (secondary N) is 1. The largest absolute Gasteiger partial charge is 0.449 e. The van der Waals surface area contributed by atoms with Crippen LogP contribution in [0.3, 0.4) is 0 Å². The van der Waals surface area contributed by atoms with Crippen molar-refractivity contribution in [1.82, 2.24) is 34.6 Å². The molecule has 1 unspecified atom stereocenters. The van der Waals surface area contributed by atoms with E-state index in [1.807, 2.05) is 20.8 Å². The maximum atomic E-state index is 12.1. The fourth-order valence-corrected chi connectivity index (χ4v) is 3.52. The van der Waals surface area contributed by atoms with Gasteiger partial charge in [0.05, 0.1) is 19.5 Å². The summed E-state index contributed by atoms with van der Waals surface area (Å²) in [7, 11) is 0. The van der Waals surface area contributed by atoms with Crippen molar-refractivity contribution in [3.63, 3.8) is 0 Å². The Kier molecular flexibility index (Phi) is 10.4. The molecule has 1 aliphatic rings. The number of anilines is 1. The summed E-state index contributed by atoms with van der Waals surface area (Å²) in [5.74, 6) is 6.45. The minimum absolute atomic E-state index is 0.0223. The molecule has 2 aromatic rings. The monoisotopic (exact) mass is 516 g/mol. The SMILES string of the molecule is CCNC(=O)C(OCC)OCn1cnc2c(N)nc(C#CCN3CCN(C(=O)OCC(C)C)CC3)nc21. The molecule has 0 radical (unpaired) electrons. The minimum Gasteiger partial charge on any atom is -0.449 e. The van der Waals surface area contributed by atoms with E-state index in [9.17, 15) is 9.59 Å². The summed E-state index contributed by atoms with van der Waals surface area (Å²) in [6.07, 6.45) is 0.188. The minimum atomic E-state index is -1.06. The smallest absolute Gasteiger partial charge is 0.409 e. The molecule has 2 amide bonds. The molecule has 0 saturated carbocycles. The van der Waals surface area contributed by atoms with E-state index < -0.39 is 6.29 Å². The third kappa shape index (κ3) is 8.01. The van der Waals surface area contributed by atoms with Crippen molar-refractivity contribution in [3.8, 4) is 11.8 Å². The van der Waals surface area contributed by atoms with Crippen LogP contribution in [0.1, 0.15) is 33.5 Å². The summed E-state index contributed by atoms with van der Waals surface area (Å²) >= 11 is 0. The molecule has 13 nitrogen and oxygen atoms in total. The number of ether oxygens (including phenoxy) is 3. The number of rotatable bonds is 10. The number of carbonyl (C=O) groups is 2. The molecule has 0 aromatic carbocycles. The van der Waals surface area contributed by atoms with Crippen molar-refractivity contribution in [2.24, 2.45) is 5.92 Å². The van der Waals surface area contributed by atoms with Crippen molar-refractivity contribution in [2.45, 2.75) is 40.7 Å². The Bertz CT molecular complexity index is 1120. The van der Waals surface area contributed by atoms with Crippen LogP contribution in [0.15, 0.2) is 6.33 Å². The zero-order valence-electron chi connectivity index (χ0n) is 21.9. The Morgan fingerprint density at radius 1 is 1.16 bits per heavy atom. The number of nitrogens with two attached hydrogens (primary N) is 1. The normalized spacial score (nSPS) is 14.9. The zero-order chi connectivity index (χ0) is 26.8. The van der Waals surface area contributed by atoms with Crippen molar-refractivity contribution < 1.29 is 23.8 Å². The number of likely N-dealkylation sites (N-methyl/N-ethyl adjacent to an activating group) is 1. The lowest BCUT2D eigenvalue weighted by Gasteiger charge is -2.33. The van der Waals surface area contributed by atoms with E-state index in [0.29, 0.717) is 69.6 Å². The first kappa shape index (κ1) is 28.1. The summed E-state index contributed by atoms with van der Waals surface area (Å²) < 4.78 is 17.9. The number of nitrogens with zero attached hydrogens (tertiary/aromatic N) is 6. The van der Waals surface area contributed by atoms with Crippen molar-refractivity contribution >= 4 is 29.0 Å². The molecular formula is C24H36N8O5. The van der Waals surface area contributed by atoms with Crippen LogP contribution in [0, 0.1) is 17.8 Å². The highest BCUT2D eigenvalue weighted by Gasteiger charge is 2.22. The molecule has 1 aliphatic heterocycles. The molecule has 3 rings (SSSR count). The maximum Gasteiger partial charge on any atom is 0.409 e. The highest BCUT2D eigenvalue weighted by molar-refractivity contribution is 5.82. The number of amides is 2. The van der Waals surface area contributed by atoms with Crippen LogP contribution >= 0.6 is 0 Å². The van der Waals surface area contributed by atoms with Gasteiger partial charge in [-0.05, 0) is 25.7 Å². The Balaban J connectivity index is 1.59. The van der Waals surface area contributed by atoms with Crippen molar-refractivity contribution in [2.75, 3.05) is 58.2 Å². The maximum absolute atomic E-state index is 12.1. The average molecular weight is 517 g/mol. The van der Waals surface area contributed by atoms with Crippen LogP contribution < -0.4 is 11.1 Å². The lowest BCUT2D eigenvalue weighted by Crippen LogP contribution is -2.49. The topological polar surface area (TPSA) is 150 Å². The molecule has 3 heterocycles. The number of aromatic nitrogens is 4. The van der Waals surface area contributed by atoms with E-state index in [-0.39, 0.29) is 30.4 Å². The molecule has 13 heteroatoms. The molecular weight excluding hydrogens is 480 g/mol. The third-order valence-electron chi connectivity index (χ3n) is 5.41. The van der Waals surface area contributed by atoms with Gasteiger partial charge in [0, 0.05) is 39.3 Å². The average Bonchev–Trinajstić information content (AvgIpc) is 3.29. The van der Waals surface area contributed by atoms with Gasteiger partial charge in [0.25, 0.3) is 5.91 Å². The summed E-state index contributed by atoms with van der Waals surface area (Å²) in [4.78, 5) is 41.1. The number of imidazole rings is 1. The molecule has 0 spiro atoms. The van der Waals surface area contributed by atoms with E-state index in [4.69, 9.17) is 19.9 Å². The lowest BCUT2D eigenvalue weighted by atomic mass is 10.2. The highest BCUT2D eigenvalue weighted by atomic mass is 16.7. The quantitative estimate of drug-likeness (QED) is 0.340. The Hall–Kier alpha value is -3.47. The van der Waals surface area contributed by atoms with E-state index in [0.717, 1.165) is 0 Å². The Morgan fingerprint density at radius 3 is 2.59 bits per heavy atom. The Labute approximate surface area is 216 Å². The highest BCUT2D eigenvalue weighted by Crippen LogP contribution is 2.16. The predicted octanol–water partition coefficient (Wildman–Crippen LogP) is 0.643. The first-order chi connectivity index (χ1) is 17.8. The van der Waals surface area contributed by atoms with Crippen LogP contribution in [-0.2, 0) is 25.7 Å². The summed E-state index contributed by atoms with van der Waals surface area (Å²) in [5, 5.41) is 2.68. The molecule has 3 N–H and O–H groups in total. The third-order valence-corrected chi connectivity index (χ3v) is 5.41. The van der Waals surface area contributed by atoms with Crippen LogP contribution in [0.4, 0.5) is 10.6 Å². The molecule has 202 valence electrons. The molecule has 1 atom stereocenters. The molecule has 1 fully saturated rings. The standard InChI is InChI=1S/C24H36N8O5/c1-5-26-22(33)23(35-6-2)37-16-32-15-27-19-20(25)28-18(29-21(19)32)8-7-9-30-10-12-31(13-11-30)24(34)36-14-17(3)4/h15,17,23H,5-6,9-14,16H2,1-4H3,(H,26,33)(H2,25,28,29). The first-order valence-corrected chi connectivity index (χ1v) is 12.4. The molecule has 0 aliphatic carbocycles. The summed E-state index contributed by atoms with van der Waals surface area (Å²) in [5.41, 5.74) is 6.94. The molecule has 1 saturated heterocycles. The fourth-order valence-electron chi connectivity index (χ4n) is 3.52. The lowest BCUT2D eigenvalue weighted by molar-refractivity contribution is -0.180. The Morgan fingerprint density at radius 2 is 1.92 bits per heavy atom. The molecule has 2 aromatic heterocycles. The zero-order valence-corrected chi connectivity index (χ0v) is 21.9. The van der Waals surface area contributed by atoms with E-state index in [1.54, 1.807) is 16.4 Å². The van der Waals surface area contributed by atoms with E-state index >= 15 is 0 Å². The van der Waals surface area contributed by atoms with Gasteiger partial charge in [-0.1, -0.05) is 19.8 Å². The number of nitrogen functional groups attached to an aromatic ring is 1. The fraction of sp³-hybridized carbons (Fsp3) is 0.625. The first-order valence-electron chi connectivity index (χ1n) is 12.4. The summed E-state index contributed by atoms with van der Waals surface area (Å²) in [6.45, 7) is 11.9. The number of carbonyl (C=O) groups excluding carboxylic acids is 2. The van der Waals surface area contributed by atoms with Gasteiger partial charge in [-0.25, -0.2) is 19.7 Å². The second kappa shape index (κ2) is 13.7. The van der Waals surface area contributed by atoms with Crippen molar-refractivity contribution in [1.29, 1.82) is 0 Å². The second-order valence-electron chi connectivity index (χ2n) is 8.83. The van der Waals surface area contributed by atoms with Gasteiger partial charge in [-0.2, -0.15) is 0 Å². The van der Waals surface area contributed by atoms with E-state index in [2.05, 4.69) is 37.0 Å². The van der Waals surface area contributed by atoms with Gasteiger partial charge in [-0.3, -0.25) is 14.3 Å². The van der Waals surface area contributed by atoms with Crippen LogP contribution in [-0.4, -0.2) is 100 Å². The predicted molar refractivity (Wildman–Crippen MR) is 136 cm³/mol. The van der Waals surface area contributed by atoms with Gasteiger partial charge >= 0.3 is 6.09 Å². The number of hydrogen-bond donors (Lipinski definition) is 2. The molecule has 37 heavy (non-hydrogen) atoms. The van der Waals surface area contributed by atoms with Gasteiger partial charge < -0.3 is 30.2 Å². The van der Waals surface area contributed by atoms with Crippen LogP contribution in [0.2, 0.25) is 0 Å². The van der Waals surface area contributed by atoms with Gasteiger partial charge in [0.15, 0.2) is 11.5 Å². The van der Waals surface area contributed by atoms with Gasteiger partial charge in [0.2, 0.25) is 12.1 Å². The van der Waals surface area contributed by atoms with Crippen molar-refractivity contribution in [3.05, 3.63) is 12.2 Å². The number of hydrogen-bond acceptors (Lipinski definition) is 10.